The molecule has 4 heteroatoms. The van der Waals surface area contributed by atoms with Crippen LogP contribution in [0.15, 0.2) is 22.7 Å². The van der Waals surface area contributed by atoms with Crippen LogP contribution < -0.4 is 5.73 Å². The lowest BCUT2D eigenvalue weighted by Gasteiger charge is -1.89. The van der Waals surface area contributed by atoms with E-state index in [9.17, 15) is 0 Å². The van der Waals surface area contributed by atoms with E-state index in [1.54, 1.807) is 0 Å². The van der Waals surface area contributed by atoms with Gasteiger partial charge < -0.3 is 10.3 Å². The summed E-state index contributed by atoms with van der Waals surface area (Å²) in [6.45, 7) is 0. The monoisotopic (exact) mass is 260 g/mol. The summed E-state index contributed by atoms with van der Waals surface area (Å²) in [6, 6.07) is 5.73. The number of nitrogens with zero attached hydrogens (tertiary/aromatic N) is 1. The Balaban J connectivity index is 2.96. The van der Waals surface area contributed by atoms with E-state index in [-0.39, 0.29) is 0 Å². The smallest absolute Gasteiger partial charge is 0.175 e. The largest absolute Gasteiger partial charge is 0.380 e. The van der Waals surface area contributed by atoms with Crippen molar-refractivity contribution in [3.05, 3.63) is 21.8 Å². The third-order valence-corrected chi connectivity index (χ3v) is 2.37. The molecule has 0 atom stereocenters. The first-order chi connectivity index (χ1) is 5.29. The standard InChI is InChI=1S/C7H5IN2O/c8-4-2-1-3-5-6(4)7(9)10-11-5/h1-3H,(H2,9,10). The van der Waals surface area contributed by atoms with Crippen LogP contribution in [0.5, 0.6) is 0 Å². The van der Waals surface area contributed by atoms with E-state index in [2.05, 4.69) is 27.7 Å². The van der Waals surface area contributed by atoms with Gasteiger partial charge in [0, 0.05) is 3.57 Å². The average molecular weight is 260 g/mol. The van der Waals surface area contributed by atoms with Crippen molar-refractivity contribution in [2.75, 3.05) is 5.73 Å². The number of hydrogen-bond acceptors (Lipinski definition) is 3. The molecule has 0 saturated heterocycles. The summed E-state index contributed by atoms with van der Waals surface area (Å²) in [7, 11) is 0. The van der Waals surface area contributed by atoms with E-state index in [0.29, 0.717) is 5.82 Å². The highest BCUT2D eigenvalue weighted by Crippen LogP contribution is 2.24. The summed E-state index contributed by atoms with van der Waals surface area (Å²) >= 11 is 2.20. The van der Waals surface area contributed by atoms with Gasteiger partial charge in [-0.25, -0.2) is 0 Å². The fraction of sp³-hybridized carbons (Fsp3) is 0. The van der Waals surface area contributed by atoms with Crippen molar-refractivity contribution in [3.8, 4) is 0 Å². The van der Waals surface area contributed by atoms with Crippen molar-refractivity contribution in [1.29, 1.82) is 0 Å². The molecule has 0 amide bonds. The molecular formula is C7H5IN2O. The lowest BCUT2D eigenvalue weighted by atomic mass is 10.2. The molecule has 0 fully saturated rings. The number of benzene rings is 1. The molecule has 0 radical (unpaired) electrons. The van der Waals surface area contributed by atoms with Crippen molar-refractivity contribution in [2.45, 2.75) is 0 Å². The molecule has 1 aromatic carbocycles. The molecule has 11 heavy (non-hydrogen) atoms. The van der Waals surface area contributed by atoms with Gasteiger partial charge in [-0.15, -0.1) is 0 Å². The van der Waals surface area contributed by atoms with Crippen LogP contribution in [0.4, 0.5) is 5.82 Å². The van der Waals surface area contributed by atoms with Crippen molar-refractivity contribution >= 4 is 39.4 Å². The van der Waals surface area contributed by atoms with Gasteiger partial charge in [0.25, 0.3) is 0 Å². The van der Waals surface area contributed by atoms with Crippen molar-refractivity contribution in [1.82, 2.24) is 5.16 Å². The Kier molecular flexibility index (Phi) is 1.49. The minimum atomic E-state index is 0.463. The van der Waals surface area contributed by atoms with E-state index < -0.39 is 0 Å². The summed E-state index contributed by atoms with van der Waals surface area (Å²) in [4.78, 5) is 0. The van der Waals surface area contributed by atoms with Gasteiger partial charge in [-0.3, -0.25) is 0 Å². The van der Waals surface area contributed by atoms with Gasteiger partial charge in [-0.1, -0.05) is 11.2 Å². The maximum absolute atomic E-state index is 5.57. The molecule has 0 spiro atoms. The quantitative estimate of drug-likeness (QED) is 0.737. The van der Waals surface area contributed by atoms with Crippen LogP contribution in [-0.4, -0.2) is 5.16 Å². The molecule has 0 aliphatic carbocycles. The van der Waals surface area contributed by atoms with Crippen LogP contribution in [-0.2, 0) is 0 Å². The van der Waals surface area contributed by atoms with Gasteiger partial charge in [0.05, 0.1) is 5.39 Å². The molecule has 2 N–H and O–H groups in total. The number of hydrogen-bond donors (Lipinski definition) is 1. The van der Waals surface area contributed by atoms with Gasteiger partial charge in [0.15, 0.2) is 11.4 Å². The number of rotatable bonds is 0. The maximum atomic E-state index is 5.57. The number of fused-ring (bicyclic) bond motifs is 1. The van der Waals surface area contributed by atoms with Crippen LogP contribution in [0.25, 0.3) is 11.0 Å². The van der Waals surface area contributed by atoms with E-state index >= 15 is 0 Å². The van der Waals surface area contributed by atoms with Crippen LogP contribution in [0.2, 0.25) is 0 Å². The minimum Gasteiger partial charge on any atom is -0.380 e. The Labute approximate surface area is 76.7 Å². The van der Waals surface area contributed by atoms with Gasteiger partial charge in [0.1, 0.15) is 0 Å². The maximum Gasteiger partial charge on any atom is 0.175 e. The molecule has 1 aromatic heterocycles. The van der Waals surface area contributed by atoms with Gasteiger partial charge in [-0.2, -0.15) is 0 Å². The van der Waals surface area contributed by atoms with Gasteiger partial charge >= 0.3 is 0 Å². The SMILES string of the molecule is Nc1noc2cccc(I)c12. The van der Waals surface area contributed by atoms with E-state index in [4.69, 9.17) is 10.3 Å². The first-order valence-corrected chi connectivity index (χ1v) is 4.16. The third-order valence-electron chi connectivity index (χ3n) is 1.47. The molecule has 2 aromatic rings. The second-order valence-electron chi connectivity index (χ2n) is 2.18. The Bertz CT molecular complexity index is 396. The fourth-order valence-electron chi connectivity index (χ4n) is 0.973. The van der Waals surface area contributed by atoms with Crippen molar-refractivity contribution in [2.24, 2.45) is 0 Å². The second kappa shape index (κ2) is 2.37. The molecular weight excluding hydrogens is 255 g/mol. The van der Waals surface area contributed by atoms with Crippen LogP contribution in [0.1, 0.15) is 0 Å². The zero-order valence-electron chi connectivity index (χ0n) is 5.54. The highest BCUT2D eigenvalue weighted by atomic mass is 127. The molecule has 2 rings (SSSR count). The van der Waals surface area contributed by atoms with Crippen LogP contribution >= 0.6 is 22.6 Å². The molecule has 0 saturated carbocycles. The average Bonchev–Trinajstić information content (AvgIpc) is 2.34. The number of aromatic nitrogens is 1. The predicted octanol–water partition coefficient (Wildman–Crippen LogP) is 2.01. The van der Waals surface area contributed by atoms with Gasteiger partial charge in [0.2, 0.25) is 0 Å². The lowest BCUT2D eigenvalue weighted by molar-refractivity contribution is 0.460. The highest BCUT2D eigenvalue weighted by Gasteiger charge is 2.06. The number of nitrogen functional groups attached to an aromatic ring is 1. The Morgan fingerprint density at radius 1 is 1.45 bits per heavy atom. The van der Waals surface area contributed by atoms with E-state index in [1.807, 2.05) is 18.2 Å². The molecule has 0 bridgehead atoms. The zero-order valence-corrected chi connectivity index (χ0v) is 7.70. The molecule has 56 valence electrons. The first kappa shape index (κ1) is 6.90. The fourth-order valence-corrected chi connectivity index (χ4v) is 1.72. The third kappa shape index (κ3) is 0.973. The lowest BCUT2D eigenvalue weighted by Crippen LogP contribution is -1.84. The molecule has 1 heterocycles. The topological polar surface area (TPSA) is 52.0 Å². The zero-order chi connectivity index (χ0) is 7.84. The summed E-state index contributed by atoms with van der Waals surface area (Å²) in [5, 5.41) is 4.56. The Morgan fingerprint density at radius 2 is 2.27 bits per heavy atom. The Morgan fingerprint density at radius 3 is 3.00 bits per heavy atom. The van der Waals surface area contributed by atoms with Crippen molar-refractivity contribution in [3.63, 3.8) is 0 Å². The molecule has 0 aliphatic rings. The van der Waals surface area contributed by atoms with Crippen molar-refractivity contribution < 1.29 is 4.52 Å². The number of halogens is 1. The number of anilines is 1. The predicted molar refractivity (Wildman–Crippen MR) is 51.1 cm³/mol. The van der Waals surface area contributed by atoms with E-state index in [0.717, 1.165) is 14.5 Å². The molecule has 3 nitrogen and oxygen atoms in total. The molecule has 0 aliphatic heterocycles. The summed E-state index contributed by atoms with van der Waals surface area (Å²) in [6.07, 6.45) is 0. The van der Waals surface area contributed by atoms with Crippen LogP contribution in [0.3, 0.4) is 0 Å². The minimum absolute atomic E-state index is 0.463. The number of nitrogens with two attached hydrogens (primary N) is 1. The summed E-state index contributed by atoms with van der Waals surface area (Å²) in [5.74, 6) is 0.463. The van der Waals surface area contributed by atoms with Crippen LogP contribution in [0, 0.1) is 3.57 Å². The summed E-state index contributed by atoms with van der Waals surface area (Å²) in [5.41, 5.74) is 6.31. The normalized spacial score (nSPS) is 10.6. The Hall–Kier alpha value is -0.780. The second-order valence-corrected chi connectivity index (χ2v) is 3.34. The van der Waals surface area contributed by atoms with Gasteiger partial charge in [-0.05, 0) is 34.7 Å². The molecule has 0 unspecified atom stereocenters. The first-order valence-electron chi connectivity index (χ1n) is 3.08. The highest BCUT2D eigenvalue weighted by molar-refractivity contribution is 14.1. The van der Waals surface area contributed by atoms with E-state index in [1.165, 1.54) is 0 Å². The summed E-state index contributed by atoms with van der Waals surface area (Å²) < 4.78 is 6.02.